The van der Waals surface area contributed by atoms with Gasteiger partial charge < -0.3 is 9.88 Å². The highest BCUT2D eigenvalue weighted by atomic mass is 32.2. The fourth-order valence-corrected chi connectivity index (χ4v) is 2.27. The number of nitrogens with zero attached hydrogens (tertiary/aromatic N) is 5. The van der Waals surface area contributed by atoms with Gasteiger partial charge in [-0.05, 0) is 18.2 Å². The van der Waals surface area contributed by atoms with Crippen LogP contribution in [0.5, 0.6) is 0 Å². The Morgan fingerprint density at radius 2 is 2.16 bits per heavy atom. The molecule has 0 bridgehead atoms. The lowest BCUT2D eigenvalue weighted by Crippen LogP contribution is -2.05. The van der Waals surface area contributed by atoms with E-state index < -0.39 is 0 Å². The molecule has 1 N–H and O–H groups in total. The van der Waals surface area contributed by atoms with Gasteiger partial charge >= 0.3 is 0 Å². The van der Waals surface area contributed by atoms with Crippen molar-refractivity contribution < 1.29 is 0 Å². The maximum atomic E-state index is 4.51. The smallest absolute Gasteiger partial charge is 0.197 e. The van der Waals surface area contributed by atoms with Crippen molar-refractivity contribution >= 4 is 17.6 Å². The van der Waals surface area contributed by atoms with Crippen LogP contribution in [0.15, 0.2) is 22.6 Å². The van der Waals surface area contributed by atoms with Gasteiger partial charge in [-0.2, -0.15) is 0 Å². The normalized spacial score (nSPS) is 10.7. The molecular weight excluding hydrogens is 260 g/mol. The molecule has 0 radical (unpaired) electrons. The molecule has 2 heterocycles. The van der Waals surface area contributed by atoms with E-state index in [1.807, 2.05) is 17.7 Å². The zero-order valence-corrected chi connectivity index (χ0v) is 12.2. The van der Waals surface area contributed by atoms with Gasteiger partial charge in [0, 0.05) is 26.1 Å². The summed E-state index contributed by atoms with van der Waals surface area (Å²) in [4.78, 5) is 8.97. The molecule has 7 heteroatoms. The Morgan fingerprint density at radius 1 is 1.32 bits per heavy atom. The van der Waals surface area contributed by atoms with Crippen LogP contribution in [-0.4, -0.2) is 31.3 Å². The van der Waals surface area contributed by atoms with E-state index in [1.165, 1.54) is 11.8 Å². The molecule has 0 aliphatic heterocycles. The van der Waals surface area contributed by atoms with E-state index >= 15 is 0 Å². The highest BCUT2D eigenvalue weighted by Crippen LogP contribution is 2.25. The van der Waals surface area contributed by atoms with Crippen molar-refractivity contribution in [3.63, 3.8) is 0 Å². The fourth-order valence-electron chi connectivity index (χ4n) is 1.49. The van der Waals surface area contributed by atoms with Crippen LogP contribution in [0, 0.1) is 0 Å². The average molecular weight is 278 g/mol. The van der Waals surface area contributed by atoms with Crippen molar-refractivity contribution in [3.05, 3.63) is 18.2 Å². The molecule has 0 aliphatic carbocycles. The molecule has 0 amide bonds. The van der Waals surface area contributed by atoms with Crippen molar-refractivity contribution in [1.29, 1.82) is 0 Å². The average Bonchev–Trinajstić information content (AvgIpc) is 2.81. The van der Waals surface area contributed by atoms with Gasteiger partial charge in [-0.1, -0.05) is 13.8 Å². The summed E-state index contributed by atoms with van der Waals surface area (Å²) < 4.78 is 1.87. The summed E-state index contributed by atoms with van der Waals surface area (Å²) >= 11 is 1.50. The molecule has 0 unspecified atom stereocenters. The van der Waals surface area contributed by atoms with Gasteiger partial charge in [0.1, 0.15) is 23.0 Å². The molecule has 0 spiro atoms. The number of hydrogen-bond acceptors (Lipinski definition) is 6. The van der Waals surface area contributed by atoms with Crippen molar-refractivity contribution in [3.8, 4) is 0 Å². The first-order valence-electron chi connectivity index (χ1n) is 6.36. The van der Waals surface area contributed by atoms with Gasteiger partial charge in [-0.15, -0.1) is 10.2 Å². The van der Waals surface area contributed by atoms with Crippen LogP contribution < -0.4 is 5.32 Å². The minimum absolute atomic E-state index is 0.814. The first kappa shape index (κ1) is 13.8. The molecule has 0 saturated heterocycles. The first-order chi connectivity index (χ1) is 9.22. The summed E-state index contributed by atoms with van der Waals surface area (Å²) in [5, 5.41) is 12.9. The second kappa shape index (κ2) is 6.51. The summed E-state index contributed by atoms with van der Waals surface area (Å²) in [6, 6.07) is 1.95. The number of aryl methyl sites for hydroxylation is 2. The van der Waals surface area contributed by atoms with Gasteiger partial charge in [-0.25, -0.2) is 9.97 Å². The quantitative estimate of drug-likeness (QED) is 0.816. The summed E-state index contributed by atoms with van der Waals surface area (Å²) in [7, 11) is 1.92. The van der Waals surface area contributed by atoms with E-state index in [9.17, 15) is 0 Å². The summed E-state index contributed by atoms with van der Waals surface area (Å²) in [6.07, 6.45) is 3.56. The molecule has 0 fully saturated rings. The van der Waals surface area contributed by atoms with E-state index in [2.05, 4.69) is 39.3 Å². The topological polar surface area (TPSA) is 68.5 Å². The van der Waals surface area contributed by atoms with Crippen LogP contribution >= 0.6 is 11.8 Å². The lowest BCUT2D eigenvalue weighted by Gasteiger charge is -2.08. The van der Waals surface area contributed by atoms with Crippen LogP contribution in [0.25, 0.3) is 0 Å². The Kier molecular flexibility index (Phi) is 4.73. The second-order valence-corrected chi connectivity index (χ2v) is 5.10. The Labute approximate surface area is 117 Å². The van der Waals surface area contributed by atoms with E-state index in [0.29, 0.717) is 0 Å². The molecule has 0 saturated carbocycles. The van der Waals surface area contributed by atoms with Crippen LogP contribution in [0.3, 0.4) is 0 Å². The largest absolute Gasteiger partial charge is 0.370 e. The van der Waals surface area contributed by atoms with Gasteiger partial charge in [0.2, 0.25) is 0 Å². The van der Waals surface area contributed by atoms with Crippen LogP contribution in [0.1, 0.15) is 26.1 Å². The van der Waals surface area contributed by atoms with Gasteiger partial charge in [-0.3, -0.25) is 0 Å². The summed E-state index contributed by atoms with van der Waals surface area (Å²) in [5.74, 6) is 1.71. The molecule has 0 aromatic carbocycles. The first-order valence-corrected chi connectivity index (χ1v) is 7.18. The molecule has 102 valence electrons. The van der Waals surface area contributed by atoms with Crippen LogP contribution in [0.2, 0.25) is 0 Å². The van der Waals surface area contributed by atoms with E-state index in [1.54, 1.807) is 6.33 Å². The number of nitrogens with one attached hydrogen (secondary N) is 1. The molecule has 2 aromatic rings. The van der Waals surface area contributed by atoms with E-state index in [4.69, 9.17) is 0 Å². The summed E-state index contributed by atoms with van der Waals surface area (Å²) in [6.45, 7) is 5.09. The molecule has 0 aliphatic rings. The SMILES string of the molecule is CCCNc1cc(Sc2nncn2C)nc(CC)n1. The third-order valence-corrected chi connectivity index (χ3v) is 3.46. The van der Waals surface area contributed by atoms with E-state index in [-0.39, 0.29) is 0 Å². The highest BCUT2D eigenvalue weighted by molar-refractivity contribution is 7.99. The van der Waals surface area contributed by atoms with Crippen molar-refractivity contribution in [2.24, 2.45) is 7.05 Å². The fraction of sp³-hybridized carbons (Fsp3) is 0.500. The predicted molar refractivity (Wildman–Crippen MR) is 75.3 cm³/mol. The van der Waals surface area contributed by atoms with Crippen LogP contribution in [-0.2, 0) is 13.5 Å². The molecule has 0 atom stereocenters. The minimum atomic E-state index is 0.814. The zero-order chi connectivity index (χ0) is 13.7. The number of aromatic nitrogens is 5. The minimum Gasteiger partial charge on any atom is -0.370 e. The van der Waals surface area contributed by atoms with Crippen LogP contribution in [0.4, 0.5) is 5.82 Å². The standard InChI is InChI=1S/C12H18N6S/c1-4-6-13-10-7-11(16-9(5-2)15-10)19-12-17-14-8-18(12)3/h7-8H,4-6H2,1-3H3,(H,13,15,16). The molecule has 6 nitrogen and oxygen atoms in total. The van der Waals surface area contributed by atoms with Gasteiger partial charge in [0.25, 0.3) is 0 Å². The molecule has 2 aromatic heterocycles. The zero-order valence-electron chi connectivity index (χ0n) is 11.4. The van der Waals surface area contributed by atoms with Gasteiger partial charge in [0.15, 0.2) is 5.16 Å². The molecule has 19 heavy (non-hydrogen) atoms. The Balaban J connectivity index is 2.21. The lowest BCUT2D eigenvalue weighted by molar-refractivity contribution is 0.785. The predicted octanol–water partition coefficient (Wildman–Crippen LogP) is 2.14. The maximum Gasteiger partial charge on any atom is 0.197 e. The Hall–Kier alpha value is -1.63. The second-order valence-electron chi connectivity index (χ2n) is 4.11. The summed E-state index contributed by atoms with van der Waals surface area (Å²) in [5.41, 5.74) is 0. The van der Waals surface area contributed by atoms with Crippen molar-refractivity contribution in [2.75, 3.05) is 11.9 Å². The van der Waals surface area contributed by atoms with E-state index in [0.717, 1.165) is 41.2 Å². The third-order valence-electron chi connectivity index (χ3n) is 2.49. The lowest BCUT2D eigenvalue weighted by atomic mass is 10.4. The highest BCUT2D eigenvalue weighted by Gasteiger charge is 2.08. The number of hydrogen-bond donors (Lipinski definition) is 1. The Morgan fingerprint density at radius 3 is 2.79 bits per heavy atom. The Bertz CT molecular complexity index is 539. The number of rotatable bonds is 6. The molecule has 2 rings (SSSR count). The number of anilines is 1. The molecular formula is C12H18N6S. The van der Waals surface area contributed by atoms with Crippen molar-refractivity contribution in [1.82, 2.24) is 24.7 Å². The van der Waals surface area contributed by atoms with Crippen molar-refractivity contribution in [2.45, 2.75) is 36.9 Å². The third kappa shape index (κ3) is 3.66. The maximum absolute atomic E-state index is 4.51. The monoisotopic (exact) mass is 278 g/mol. The van der Waals surface area contributed by atoms with Gasteiger partial charge in [0.05, 0.1) is 0 Å².